The summed E-state index contributed by atoms with van der Waals surface area (Å²) in [5.41, 5.74) is 4.84. The number of ether oxygens (including phenoxy) is 2. The average molecular weight is 496 g/mol. The van der Waals surface area contributed by atoms with Crippen LogP contribution >= 0.6 is 23.4 Å². The van der Waals surface area contributed by atoms with Gasteiger partial charge in [0.05, 0.1) is 11.1 Å². The second-order valence-electron chi connectivity index (χ2n) is 8.48. The van der Waals surface area contributed by atoms with E-state index < -0.39 is 0 Å². The second kappa shape index (κ2) is 11.3. The van der Waals surface area contributed by atoms with Gasteiger partial charge in [0.2, 0.25) is 0 Å². The molecule has 3 aromatic rings. The number of para-hydroxylation sites is 1. The van der Waals surface area contributed by atoms with Crippen LogP contribution in [0.1, 0.15) is 29.7 Å². The number of benzene rings is 1. The number of aryl methyl sites for hydroxylation is 1. The van der Waals surface area contributed by atoms with E-state index in [2.05, 4.69) is 28.6 Å². The van der Waals surface area contributed by atoms with Crippen molar-refractivity contribution < 1.29 is 9.47 Å². The fraction of sp³-hybridized carbons (Fsp3) is 0.333. The summed E-state index contributed by atoms with van der Waals surface area (Å²) in [5, 5.41) is 1.63. The van der Waals surface area contributed by atoms with Crippen molar-refractivity contribution in [3.63, 3.8) is 0 Å². The molecule has 34 heavy (non-hydrogen) atoms. The molecular weight excluding hydrogens is 466 g/mol. The Hall–Kier alpha value is -2.54. The summed E-state index contributed by atoms with van der Waals surface area (Å²) in [5.74, 6) is 1.61. The summed E-state index contributed by atoms with van der Waals surface area (Å²) in [6, 6.07) is 8.13. The van der Waals surface area contributed by atoms with E-state index in [4.69, 9.17) is 26.1 Å². The number of hydrogen-bond acceptors (Lipinski definition) is 6. The first-order valence-electron chi connectivity index (χ1n) is 11.4. The van der Waals surface area contributed by atoms with Crippen LogP contribution in [0.2, 0.25) is 5.02 Å². The van der Waals surface area contributed by atoms with Gasteiger partial charge in [-0.25, -0.2) is 4.98 Å². The van der Waals surface area contributed by atoms with E-state index in [-0.39, 0.29) is 6.10 Å². The zero-order valence-electron chi connectivity index (χ0n) is 19.9. The van der Waals surface area contributed by atoms with E-state index >= 15 is 0 Å². The first-order valence-corrected chi connectivity index (χ1v) is 12.7. The second-order valence-corrected chi connectivity index (χ2v) is 9.95. The number of thioether (sulfide) groups is 1. The van der Waals surface area contributed by atoms with Crippen LogP contribution in [0.15, 0.2) is 60.3 Å². The minimum absolute atomic E-state index is 0.288. The molecule has 0 aliphatic carbocycles. The molecule has 0 radical (unpaired) electrons. The molecule has 0 saturated carbocycles. The van der Waals surface area contributed by atoms with Gasteiger partial charge in [-0.1, -0.05) is 36.4 Å². The molecule has 4 rings (SSSR count). The normalized spacial score (nSPS) is 16.1. The van der Waals surface area contributed by atoms with Crippen LogP contribution in [0.25, 0.3) is 16.6 Å². The summed E-state index contributed by atoms with van der Waals surface area (Å²) in [4.78, 5) is 12.2. The van der Waals surface area contributed by atoms with Crippen LogP contribution in [0.3, 0.4) is 0 Å². The molecule has 1 atom stereocenters. The maximum atomic E-state index is 6.55. The van der Waals surface area contributed by atoms with Gasteiger partial charge in [-0.05, 0) is 38.0 Å². The van der Waals surface area contributed by atoms with Crippen molar-refractivity contribution in [3.8, 4) is 5.75 Å². The summed E-state index contributed by atoms with van der Waals surface area (Å²) >= 11 is 8.27. The zero-order valence-corrected chi connectivity index (χ0v) is 21.5. The van der Waals surface area contributed by atoms with Gasteiger partial charge in [0.15, 0.2) is 0 Å². The molecule has 2 aromatic heterocycles. The molecule has 0 spiro atoms. The number of allylic oxidation sites excluding steroid dienone is 2. The van der Waals surface area contributed by atoms with E-state index in [1.807, 2.05) is 45.4 Å². The number of hydrogen-bond donors (Lipinski definition) is 0. The number of nitrogens with zero attached hydrogens (tertiary/aromatic N) is 3. The van der Waals surface area contributed by atoms with Crippen molar-refractivity contribution in [2.24, 2.45) is 0 Å². The fourth-order valence-electron chi connectivity index (χ4n) is 4.09. The summed E-state index contributed by atoms with van der Waals surface area (Å²) in [7, 11) is 4.05. The predicted molar refractivity (Wildman–Crippen MR) is 142 cm³/mol. The van der Waals surface area contributed by atoms with E-state index in [0.29, 0.717) is 11.6 Å². The van der Waals surface area contributed by atoms with Crippen LogP contribution in [0, 0.1) is 6.92 Å². The van der Waals surface area contributed by atoms with Gasteiger partial charge >= 0.3 is 0 Å². The molecule has 5 nitrogen and oxygen atoms in total. The quantitative estimate of drug-likeness (QED) is 0.248. The Kier molecular flexibility index (Phi) is 8.14. The minimum Gasteiger partial charge on any atom is -0.487 e. The SMILES string of the molecule is C=C/C=C(/c1cc(C)nc2c(OCc3c(Cl)cncc3SC[C@@H]3CCCO3)cccc12)N(C)C. The molecule has 0 amide bonds. The van der Waals surface area contributed by atoms with Crippen molar-refractivity contribution in [2.75, 3.05) is 26.5 Å². The van der Waals surface area contributed by atoms with Gasteiger partial charge in [0, 0.05) is 71.6 Å². The largest absolute Gasteiger partial charge is 0.487 e. The number of halogens is 1. The Morgan fingerprint density at radius 2 is 2.21 bits per heavy atom. The third-order valence-corrected chi connectivity index (χ3v) is 7.28. The minimum atomic E-state index is 0.288. The van der Waals surface area contributed by atoms with Crippen LogP contribution in [0.4, 0.5) is 0 Å². The topological polar surface area (TPSA) is 47.5 Å². The molecule has 3 heterocycles. The first-order chi connectivity index (χ1) is 16.5. The maximum Gasteiger partial charge on any atom is 0.146 e. The van der Waals surface area contributed by atoms with Crippen LogP contribution in [0.5, 0.6) is 5.75 Å². The maximum absolute atomic E-state index is 6.55. The van der Waals surface area contributed by atoms with Crippen molar-refractivity contribution in [3.05, 3.63) is 77.2 Å². The third kappa shape index (κ3) is 5.57. The molecule has 178 valence electrons. The van der Waals surface area contributed by atoms with Crippen molar-refractivity contribution in [2.45, 2.75) is 37.4 Å². The van der Waals surface area contributed by atoms with E-state index in [1.54, 1.807) is 24.0 Å². The molecule has 0 unspecified atom stereocenters. The lowest BCUT2D eigenvalue weighted by Gasteiger charge is -2.20. The highest BCUT2D eigenvalue weighted by molar-refractivity contribution is 7.99. The molecule has 0 N–H and O–H groups in total. The smallest absolute Gasteiger partial charge is 0.146 e. The van der Waals surface area contributed by atoms with Crippen molar-refractivity contribution in [1.29, 1.82) is 0 Å². The molecule has 1 aliphatic rings. The monoisotopic (exact) mass is 495 g/mol. The number of rotatable bonds is 9. The highest BCUT2D eigenvalue weighted by atomic mass is 35.5. The van der Waals surface area contributed by atoms with Gasteiger partial charge < -0.3 is 14.4 Å². The zero-order chi connectivity index (χ0) is 24.1. The first kappa shape index (κ1) is 24.6. The Labute approximate surface area is 210 Å². The van der Waals surface area contributed by atoms with Gasteiger partial charge in [-0.15, -0.1) is 11.8 Å². The van der Waals surface area contributed by atoms with Crippen LogP contribution in [-0.4, -0.2) is 47.4 Å². The van der Waals surface area contributed by atoms with E-state index in [0.717, 1.165) is 69.3 Å². The Morgan fingerprint density at radius 3 is 2.94 bits per heavy atom. The number of pyridine rings is 2. The predicted octanol–water partition coefficient (Wildman–Crippen LogP) is 6.53. The molecule has 0 bridgehead atoms. The van der Waals surface area contributed by atoms with Gasteiger partial charge in [0.25, 0.3) is 0 Å². The molecular formula is C27H30ClN3O2S. The summed E-state index contributed by atoms with van der Waals surface area (Å²) < 4.78 is 12.1. The lowest BCUT2D eigenvalue weighted by Crippen LogP contribution is -2.11. The summed E-state index contributed by atoms with van der Waals surface area (Å²) in [6.07, 6.45) is 9.86. The van der Waals surface area contributed by atoms with Gasteiger partial charge in [0.1, 0.15) is 17.9 Å². The van der Waals surface area contributed by atoms with Crippen molar-refractivity contribution >= 4 is 40.0 Å². The molecule has 1 fully saturated rings. The van der Waals surface area contributed by atoms with E-state index in [9.17, 15) is 0 Å². The Bertz CT molecular complexity index is 1210. The Morgan fingerprint density at radius 1 is 1.35 bits per heavy atom. The number of fused-ring (bicyclic) bond motifs is 1. The summed E-state index contributed by atoms with van der Waals surface area (Å²) in [6.45, 7) is 7.06. The highest BCUT2D eigenvalue weighted by Crippen LogP contribution is 2.34. The molecule has 1 aliphatic heterocycles. The number of aromatic nitrogens is 2. The molecule has 7 heteroatoms. The lowest BCUT2D eigenvalue weighted by molar-refractivity contribution is 0.129. The van der Waals surface area contributed by atoms with Crippen molar-refractivity contribution in [1.82, 2.24) is 14.9 Å². The molecule has 1 saturated heterocycles. The van der Waals surface area contributed by atoms with Gasteiger partial charge in [-0.3, -0.25) is 4.98 Å². The molecule has 1 aromatic carbocycles. The van der Waals surface area contributed by atoms with E-state index in [1.165, 1.54) is 0 Å². The average Bonchev–Trinajstić information content (AvgIpc) is 3.34. The third-order valence-electron chi connectivity index (χ3n) is 5.75. The van der Waals surface area contributed by atoms with Crippen LogP contribution in [-0.2, 0) is 11.3 Å². The Balaban J connectivity index is 1.64. The van der Waals surface area contributed by atoms with Gasteiger partial charge in [-0.2, -0.15) is 0 Å². The lowest BCUT2D eigenvalue weighted by atomic mass is 10.0. The van der Waals surface area contributed by atoms with Crippen LogP contribution < -0.4 is 4.74 Å². The standard InChI is InChI=1S/C27H30ClN3O2S/c1-5-8-24(31(3)4)21-13-18(2)30-27-20(21)10-6-11-25(27)33-16-22-23(28)14-29-15-26(22)34-17-19-9-7-12-32-19/h5-6,8,10-11,13-15,19H,1,7,9,12,16-17H2,2-4H3/b24-8-/t19-/m0/s1. The fourth-order valence-corrected chi connectivity index (χ4v) is 5.46. The highest BCUT2D eigenvalue weighted by Gasteiger charge is 2.18.